The Morgan fingerprint density at radius 3 is 1.29 bits per heavy atom. The van der Waals surface area contributed by atoms with Crippen LogP contribution in [0.4, 0.5) is 0 Å². The fourth-order valence-corrected chi connectivity index (χ4v) is 5.43. The lowest BCUT2D eigenvalue weighted by Gasteiger charge is -2.16. The molecule has 0 fully saturated rings. The van der Waals surface area contributed by atoms with E-state index in [1.54, 1.807) is 0 Å². The van der Waals surface area contributed by atoms with Crippen molar-refractivity contribution in [3.63, 3.8) is 0 Å². The minimum atomic E-state index is -4.48. The molecule has 0 rings (SSSR count). The Balaban J connectivity index is 3.37. The maximum atomic E-state index is 11.8. The Labute approximate surface area is 250 Å². The molecule has 41 heavy (non-hydrogen) atoms. The van der Waals surface area contributed by atoms with Crippen LogP contribution in [0.1, 0.15) is 155 Å². The van der Waals surface area contributed by atoms with E-state index in [-0.39, 0.29) is 13.0 Å². The van der Waals surface area contributed by atoms with E-state index in [1.807, 2.05) is 0 Å². The average Bonchev–Trinajstić information content (AvgIpc) is 2.96. The summed E-state index contributed by atoms with van der Waals surface area (Å²) in [4.78, 5) is 21.2. The van der Waals surface area contributed by atoms with Crippen molar-refractivity contribution < 1.29 is 43.4 Å². The maximum absolute atomic E-state index is 11.8. The second-order valence-electron chi connectivity index (χ2n) is 11.4. The maximum Gasteiger partial charge on any atom is 0.472 e. The Morgan fingerprint density at radius 2 is 0.927 bits per heavy atom. The fourth-order valence-electron chi connectivity index (χ4n) is 4.64. The van der Waals surface area contributed by atoms with Gasteiger partial charge in [0.1, 0.15) is 18.8 Å². The summed E-state index contributed by atoms with van der Waals surface area (Å²) in [5, 5.41) is 27.5. The highest BCUT2D eigenvalue weighted by Crippen LogP contribution is 2.43. The molecule has 0 aliphatic heterocycles. The first-order valence-electron chi connectivity index (χ1n) is 16.5. The first-order chi connectivity index (χ1) is 19.8. The zero-order valence-corrected chi connectivity index (χ0v) is 26.9. The summed E-state index contributed by atoms with van der Waals surface area (Å²) in [6.07, 6.45) is 26.5. The SMILES string of the molecule is CCCCCCCCCCCCCCCCCCCCCCCCC(=O)OCC(O)COP(=O)(O)OCC(O)CO. The van der Waals surface area contributed by atoms with Gasteiger partial charge in [-0.25, -0.2) is 4.57 Å². The first kappa shape index (κ1) is 40.5. The van der Waals surface area contributed by atoms with E-state index in [1.165, 1.54) is 122 Å². The summed E-state index contributed by atoms with van der Waals surface area (Å²) < 4.78 is 25.6. The molecule has 246 valence electrons. The molecule has 0 aliphatic carbocycles. The third kappa shape index (κ3) is 30.7. The van der Waals surface area contributed by atoms with Gasteiger partial charge in [-0.05, 0) is 6.42 Å². The second-order valence-corrected chi connectivity index (χ2v) is 12.9. The van der Waals surface area contributed by atoms with Crippen molar-refractivity contribution in [3.05, 3.63) is 0 Å². The zero-order valence-electron chi connectivity index (χ0n) is 26.0. The van der Waals surface area contributed by atoms with E-state index < -0.39 is 45.8 Å². The van der Waals surface area contributed by atoms with Crippen molar-refractivity contribution in [3.8, 4) is 0 Å². The summed E-state index contributed by atoms with van der Waals surface area (Å²) in [5.41, 5.74) is 0. The molecule has 0 heterocycles. The normalized spacial score (nSPS) is 14.6. The molecule has 0 aromatic rings. The molecule has 0 amide bonds. The largest absolute Gasteiger partial charge is 0.472 e. The van der Waals surface area contributed by atoms with E-state index in [9.17, 15) is 19.4 Å². The summed E-state index contributed by atoms with van der Waals surface area (Å²) in [6, 6.07) is 0. The lowest BCUT2D eigenvalue weighted by Crippen LogP contribution is -2.24. The van der Waals surface area contributed by atoms with Gasteiger partial charge in [-0.1, -0.05) is 142 Å². The van der Waals surface area contributed by atoms with Crippen LogP contribution in [0.5, 0.6) is 0 Å². The molecular weight excluding hydrogens is 547 g/mol. The molecule has 9 nitrogen and oxygen atoms in total. The minimum absolute atomic E-state index is 0.271. The third-order valence-corrected chi connectivity index (χ3v) is 8.19. The number of aliphatic hydroxyl groups is 3. The Kier molecular flexibility index (Phi) is 29.1. The highest BCUT2D eigenvalue weighted by atomic mass is 31.2. The van der Waals surface area contributed by atoms with Gasteiger partial charge in [-0.15, -0.1) is 0 Å². The van der Waals surface area contributed by atoms with Gasteiger partial charge >= 0.3 is 13.8 Å². The molecule has 3 unspecified atom stereocenters. The van der Waals surface area contributed by atoms with Gasteiger partial charge < -0.3 is 24.9 Å². The van der Waals surface area contributed by atoms with Crippen molar-refractivity contribution in [1.29, 1.82) is 0 Å². The van der Waals surface area contributed by atoms with E-state index in [2.05, 4.69) is 16.0 Å². The molecule has 0 saturated carbocycles. The molecule has 0 aromatic heterocycles. The Bertz CT molecular complexity index is 620. The van der Waals surface area contributed by atoms with E-state index in [0.29, 0.717) is 0 Å². The standard InChI is InChI=1S/C31H63O9P/c1-2-3-4-5-6-7-8-9-10-11-12-13-14-15-16-17-18-19-20-21-22-23-24-31(35)38-26-30(34)28-40-41(36,37)39-27-29(33)25-32/h29-30,32-34H,2-28H2,1H3,(H,36,37). The fraction of sp³-hybridized carbons (Fsp3) is 0.968. The van der Waals surface area contributed by atoms with Crippen LogP contribution in [-0.4, -0.2) is 64.8 Å². The van der Waals surface area contributed by atoms with Gasteiger partial charge in [-0.3, -0.25) is 13.8 Å². The quantitative estimate of drug-likeness (QED) is 0.0349. The monoisotopic (exact) mass is 610 g/mol. The molecule has 0 bridgehead atoms. The Morgan fingerprint density at radius 1 is 0.585 bits per heavy atom. The smallest absolute Gasteiger partial charge is 0.463 e. The first-order valence-corrected chi connectivity index (χ1v) is 18.0. The second kappa shape index (κ2) is 29.5. The van der Waals surface area contributed by atoms with Crippen molar-refractivity contribution in [2.24, 2.45) is 0 Å². The van der Waals surface area contributed by atoms with Crippen LogP contribution in [0, 0.1) is 0 Å². The lowest BCUT2D eigenvalue weighted by atomic mass is 10.0. The van der Waals surface area contributed by atoms with Crippen molar-refractivity contribution in [2.45, 2.75) is 167 Å². The number of hydrogen-bond donors (Lipinski definition) is 4. The number of carbonyl (C=O) groups excluding carboxylic acids is 1. The average molecular weight is 611 g/mol. The molecule has 4 N–H and O–H groups in total. The van der Waals surface area contributed by atoms with Gasteiger partial charge in [-0.2, -0.15) is 0 Å². The van der Waals surface area contributed by atoms with Crippen molar-refractivity contribution >= 4 is 13.8 Å². The number of phosphoric ester groups is 1. The molecule has 0 aliphatic rings. The van der Waals surface area contributed by atoms with Crippen molar-refractivity contribution in [1.82, 2.24) is 0 Å². The molecule has 3 atom stereocenters. The number of carbonyl (C=O) groups is 1. The minimum Gasteiger partial charge on any atom is -0.463 e. The number of unbranched alkanes of at least 4 members (excludes halogenated alkanes) is 21. The molecule has 0 saturated heterocycles. The number of aliphatic hydroxyl groups excluding tert-OH is 3. The zero-order chi connectivity index (χ0) is 30.4. The van der Waals surface area contributed by atoms with Gasteiger partial charge in [0.2, 0.25) is 0 Å². The molecular formula is C31H63O9P. The molecule has 0 spiro atoms. The number of hydrogen-bond acceptors (Lipinski definition) is 8. The van der Waals surface area contributed by atoms with Crippen LogP contribution in [0.15, 0.2) is 0 Å². The van der Waals surface area contributed by atoms with Crippen LogP contribution < -0.4 is 0 Å². The van der Waals surface area contributed by atoms with E-state index >= 15 is 0 Å². The molecule has 0 aromatic carbocycles. The number of phosphoric acid groups is 1. The predicted octanol–water partition coefficient (Wildman–Crippen LogP) is 7.37. The highest BCUT2D eigenvalue weighted by molar-refractivity contribution is 7.47. The van der Waals surface area contributed by atoms with E-state index in [4.69, 9.17) is 14.9 Å². The number of rotatable bonds is 32. The van der Waals surface area contributed by atoms with Crippen LogP contribution in [0.3, 0.4) is 0 Å². The van der Waals surface area contributed by atoms with Crippen LogP contribution >= 0.6 is 7.82 Å². The topological polar surface area (TPSA) is 143 Å². The third-order valence-electron chi connectivity index (χ3n) is 7.24. The molecule has 0 radical (unpaired) electrons. The van der Waals surface area contributed by atoms with Gasteiger partial charge in [0.25, 0.3) is 0 Å². The predicted molar refractivity (Wildman–Crippen MR) is 164 cm³/mol. The summed E-state index contributed by atoms with van der Waals surface area (Å²) in [6.45, 7) is 0.136. The highest BCUT2D eigenvalue weighted by Gasteiger charge is 2.24. The summed E-state index contributed by atoms with van der Waals surface area (Å²) >= 11 is 0. The van der Waals surface area contributed by atoms with Gasteiger partial charge in [0.15, 0.2) is 0 Å². The van der Waals surface area contributed by atoms with Gasteiger partial charge in [0, 0.05) is 6.42 Å². The van der Waals surface area contributed by atoms with Crippen LogP contribution in [-0.2, 0) is 23.1 Å². The van der Waals surface area contributed by atoms with E-state index in [0.717, 1.165) is 19.3 Å². The molecule has 10 heteroatoms. The van der Waals surface area contributed by atoms with Crippen LogP contribution in [0.2, 0.25) is 0 Å². The number of ether oxygens (including phenoxy) is 1. The summed E-state index contributed by atoms with van der Waals surface area (Å²) in [5.74, 6) is -0.424. The lowest BCUT2D eigenvalue weighted by molar-refractivity contribution is -0.147. The summed E-state index contributed by atoms with van der Waals surface area (Å²) in [7, 11) is -4.48. The van der Waals surface area contributed by atoms with Gasteiger partial charge in [0.05, 0.1) is 19.8 Å². The van der Waals surface area contributed by atoms with Crippen LogP contribution in [0.25, 0.3) is 0 Å². The number of esters is 1. The Hall–Kier alpha value is -0.540. The van der Waals surface area contributed by atoms with Crippen molar-refractivity contribution in [2.75, 3.05) is 26.4 Å².